The zero-order valence-corrected chi connectivity index (χ0v) is 14.7. The number of amides is 1. The van der Waals surface area contributed by atoms with Crippen LogP contribution in [0, 0.1) is 5.92 Å². The first-order valence-corrected chi connectivity index (χ1v) is 9.18. The van der Waals surface area contributed by atoms with Crippen LogP contribution in [-0.2, 0) is 11.3 Å². The van der Waals surface area contributed by atoms with Gasteiger partial charge >= 0.3 is 0 Å². The lowest BCUT2D eigenvalue weighted by molar-refractivity contribution is -0.136. The third kappa shape index (κ3) is 3.28. The van der Waals surface area contributed by atoms with Gasteiger partial charge < -0.3 is 9.64 Å². The minimum Gasteiger partial charge on any atom is -0.496 e. The van der Waals surface area contributed by atoms with Crippen molar-refractivity contribution in [1.82, 2.24) is 14.7 Å². The van der Waals surface area contributed by atoms with Crippen molar-refractivity contribution in [3.8, 4) is 5.75 Å². The van der Waals surface area contributed by atoms with Crippen molar-refractivity contribution in [1.29, 1.82) is 0 Å². The van der Waals surface area contributed by atoms with Crippen LogP contribution in [-0.4, -0.2) is 40.3 Å². The fourth-order valence-corrected chi connectivity index (χ4v) is 4.10. The Morgan fingerprint density at radius 3 is 2.96 bits per heavy atom. The van der Waals surface area contributed by atoms with E-state index in [1.165, 1.54) is 12.0 Å². The van der Waals surface area contributed by atoms with Crippen LogP contribution in [0.5, 0.6) is 5.75 Å². The van der Waals surface area contributed by atoms with Gasteiger partial charge in [-0.2, -0.15) is 5.10 Å². The van der Waals surface area contributed by atoms with Crippen LogP contribution in [0.1, 0.15) is 37.2 Å². The molecule has 3 unspecified atom stereocenters. The molecule has 5 nitrogen and oxygen atoms in total. The summed E-state index contributed by atoms with van der Waals surface area (Å²) in [6, 6.07) is 10.3. The van der Waals surface area contributed by atoms with Crippen molar-refractivity contribution in [2.24, 2.45) is 5.92 Å². The number of hydrogen-bond acceptors (Lipinski definition) is 3. The zero-order valence-electron chi connectivity index (χ0n) is 14.7. The first-order valence-electron chi connectivity index (χ1n) is 9.18. The van der Waals surface area contributed by atoms with E-state index in [1.807, 2.05) is 35.1 Å². The maximum absolute atomic E-state index is 13.1. The third-order valence-corrected chi connectivity index (χ3v) is 5.51. The summed E-state index contributed by atoms with van der Waals surface area (Å²) < 4.78 is 7.42. The van der Waals surface area contributed by atoms with E-state index < -0.39 is 0 Å². The molecule has 2 aromatic rings. The molecule has 0 bridgehead atoms. The topological polar surface area (TPSA) is 47.4 Å². The molecule has 2 fully saturated rings. The van der Waals surface area contributed by atoms with Crippen LogP contribution in [0.25, 0.3) is 0 Å². The standard InChI is InChI=1S/C20H25N3O2/c1-25-19-9-3-2-8-16(19)17-13-18(17)20(24)23-12-5-4-7-15(23)14-22-11-6-10-21-22/h2-3,6,8-11,15,17-18H,4-5,7,12-14H2,1H3. The number of piperidine rings is 1. The average molecular weight is 339 g/mol. The van der Waals surface area contributed by atoms with Crippen LogP contribution in [0.15, 0.2) is 42.7 Å². The van der Waals surface area contributed by atoms with Crippen molar-refractivity contribution in [3.63, 3.8) is 0 Å². The number of likely N-dealkylation sites (tertiary alicyclic amines) is 1. The lowest BCUT2D eigenvalue weighted by Gasteiger charge is -2.36. The number of ether oxygens (including phenoxy) is 1. The van der Waals surface area contributed by atoms with Gasteiger partial charge in [0.25, 0.3) is 0 Å². The molecule has 1 saturated heterocycles. The van der Waals surface area contributed by atoms with Crippen molar-refractivity contribution in [3.05, 3.63) is 48.3 Å². The van der Waals surface area contributed by atoms with E-state index in [9.17, 15) is 4.79 Å². The Labute approximate surface area is 148 Å². The summed E-state index contributed by atoms with van der Waals surface area (Å²) >= 11 is 0. The Balaban J connectivity index is 1.46. The molecule has 5 heteroatoms. The molecule has 1 aliphatic heterocycles. The number of hydrogen-bond donors (Lipinski definition) is 0. The van der Waals surface area contributed by atoms with Crippen molar-refractivity contribution in [2.75, 3.05) is 13.7 Å². The van der Waals surface area contributed by atoms with Crippen LogP contribution >= 0.6 is 0 Å². The summed E-state index contributed by atoms with van der Waals surface area (Å²) in [7, 11) is 1.70. The molecule has 1 aliphatic carbocycles. The molecule has 2 aliphatic rings. The van der Waals surface area contributed by atoms with Gasteiger partial charge in [-0.25, -0.2) is 0 Å². The predicted molar refractivity (Wildman–Crippen MR) is 95.4 cm³/mol. The molecule has 1 amide bonds. The number of carbonyl (C=O) groups excluding carboxylic acids is 1. The zero-order chi connectivity index (χ0) is 17.2. The molecule has 4 rings (SSSR count). The summed E-state index contributed by atoms with van der Waals surface area (Å²) in [6.07, 6.45) is 8.07. The van der Waals surface area contributed by atoms with Gasteiger partial charge in [0.1, 0.15) is 5.75 Å². The molecule has 1 saturated carbocycles. The summed E-state index contributed by atoms with van der Waals surface area (Å²) in [6.45, 7) is 1.67. The SMILES string of the molecule is COc1ccccc1C1CC1C(=O)N1CCCCC1Cn1cccn1. The molecule has 25 heavy (non-hydrogen) atoms. The summed E-state index contributed by atoms with van der Waals surface area (Å²) in [4.78, 5) is 15.3. The quantitative estimate of drug-likeness (QED) is 0.841. The van der Waals surface area contributed by atoms with E-state index in [0.29, 0.717) is 11.8 Å². The van der Waals surface area contributed by atoms with Crippen molar-refractivity contribution >= 4 is 5.91 Å². The molecule has 0 N–H and O–H groups in total. The number of aromatic nitrogens is 2. The van der Waals surface area contributed by atoms with Gasteiger partial charge in [-0.1, -0.05) is 18.2 Å². The molecule has 0 spiro atoms. The molecule has 132 valence electrons. The van der Waals surface area contributed by atoms with Gasteiger partial charge in [0.15, 0.2) is 0 Å². The third-order valence-electron chi connectivity index (χ3n) is 5.51. The molecule has 3 atom stereocenters. The smallest absolute Gasteiger partial charge is 0.226 e. The molecular formula is C20H25N3O2. The maximum atomic E-state index is 13.1. The highest BCUT2D eigenvalue weighted by Gasteiger charge is 2.48. The fraction of sp³-hybridized carbons (Fsp3) is 0.500. The minimum atomic E-state index is 0.106. The van der Waals surface area contributed by atoms with E-state index in [1.54, 1.807) is 13.3 Å². The number of methoxy groups -OCH3 is 1. The molecular weight excluding hydrogens is 314 g/mol. The lowest BCUT2D eigenvalue weighted by atomic mass is 10.0. The summed E-state index contributed by atoms with van der Waals surface area (Å²) in [5.41, 5.74) is 1.17. The Bertz CT molecular complexity index is 728. The number of rotatable bonds is 5. The van der Waals surface area contributed by atoms with E-state index in [4.69, 9.17) is 4.74 Å². The number of para-hydroxylation sites is 1. The second-order valence-electron chi connectivity index (χ2n) is 7.10. The lowest BCUT2D eigenvalue weighted by Crippen LogP contribution is -2.46. The van der Waals surface area contributed by atoms with Crippen LogP contribution in [0.3, 0.4) is 0 Å². The van der Waals surface area contributed by atoms with E-state index in [2.05, 4.69) is 16.1 Å². The Morgan fingerprint density at radius 1 is 1.28 bits per heavy atom. The van der Waals surface area contributed by atoms with Gasteiger partial charge in [-0.15, -0.1) is 0 Å². The van der Waals surface area contributed by atoms with Gasteiger partial charge in [-0.05, 0) is 49.3 Å². The first kappa shape index (κ1) is 16.2. The molecule has 2 heterocycles. The van der Waals surface area contributed by atoms with Gasteiger partial charge in [0.05, 0.1) is 19.7 Å². The fourth-order valence-electron chi connectivity index (χ4n) is 4.10. The average Bonchev–Trinajstić information content (AvgIpc) is 3.29. The summed E-state index contributed by atoms with van der Waals surface area (Å²) in [5, 5.41) is 4.31. The number of nitrogens with zero attached hydrogens (tertiary/aromatic N) is 3. The van der Waals surface area contributed by atoms with Gasteiger partial charge in [0.2, 0.25) is 5.91 Å². The number of carbonyl (C=O) groups is 1. The van der Waals surface area contributed by atoms with Crippen molar-refractivity contribution in [2.45, 2.75) is 44.2 Å². The monoisotopic (exact) mass is 339 g/mol. The second kappa shape index (κ2) is 6.90. The highest BCUT2D eigenvalue weighted by atomic mass is 16.5. The van der Waals surface area contributed by atoms with E-state index in [0.717, 1.165) is 38.1 Å². The Hall–Kier alpha value is -2.30. The van der Waals surface area contributed by atoms with Crippen LogP contribution < -0.4 is 4.74 Å². The highest BCUT2D eigenvalue weighted by molar-refractivity contribution is 5.83. The summed E-state index contributed by atoms with van der Waals surface area (Å²) in [5.74, 6) is 1.62. The first-order chi connectivity index (χ1) is 12.3. The molecule has 1 aromatic heterocycles. The van der Waals surface area contributed by atoms with E-state index in [-0.39, 0.29) is 12.0 Å². The molecule has 0 radical (unpaired) electrons. The number of benzene rings is 1. The van der Waals surface area contributed by atoms with Gasteiger partial charge in [-0.3, -0.25) is 9.48 Å². The Morgan fingerprint density at radius 2 is 2.16 bits per heavy atom. The normalized spacial score (nSPS) is 25.6. The van der Waals surface area contributed by atoms with Crippen molar-refractivity contribution < 1.29 is 9.53 Å². The predicted octanol–water partition coefficient (Wildman–Crippen LogP) is 3.08. The minimum absolute atomic E-state index is 0.106. The maximum Gasteiger partial charge on any atom is 0.226 e. The van der Waals surface area contributed by atoms with E-state index >= 15 is 0 Å². The largest absolute Gasteiger partial charge is 0.496 e. The Kier molecular flexibility index (Phi) is 4.47. The van der Waals surface area contributed by atoms with Crippen LogP contribution in [0.4, 0.5) is 0 Å². The van der Waals surface area contributed by atoms with Crippen LogP contribution in [0.2, 0.25) is 0 Å². The van der Waals surface area contributed by atoms with Gasteiger partial charge in [0, 0.05) is 24.9 Å². The molecule has 1 aromatic carbocycles. The highest BCUT2D eigenvalue weighted by Crippen LogP contribution is 2.51. The second-order valence-corrected chi connectivity index (χ2v) is 7.10.